The highest BCUT2D eigenvalue weighted by Crippen LogP contribution is 2.44. The molecule has 18 nitrogen and oxygen atoms in total. The molecule has 242 valence electrons. The first-order valence-corrected chi connectivity index (χ1v) is 15.8. The standard InChI is InChI=1S/C23H15ClN6O11S4.H2O/c24-21-26-22(28-23(27-21)43-11-18(31)32)25-14-3-6-16-12(9-14)10-17(44-40-39-34)19(20(16)33)30-29-13-1-4-15(5-2-13)42-8-7-38-41-45(35,36)37;/h1-6,9-10,33-34H,11H2,(H,31,32)(H,35,36,37)(H,25,26,27,28);1H2. The zero-order valence-electron chi connectivity index (χ0n) is 22.2. The van der Waals surface area contributed by atoms with Crippen molar-refractivity contribution in [2.75, 3.05) is 11.1 Å². The van der Waals surface area contributed by atoms with E-state index in [4.69, 9.17) is 26.5 Å². The smallest absolute Gasteiger partial charge is 0.433 e. The van der Waals surface area contributed by atoms with Crippen LogP contribution in [0.25, 0.3) is 10.8 Å². The molecular weight excluding hydrogens is 716 g/mol. The molecule has 0 fully saturated rings. The van der Waals surface area contributed by atoms with Crippen molar-refractivity contribution in [1.29, 1.82) is 0 Å². The lowest BCUT2D eigenvalue weighted by atomic mass is 10.1. The van der Waals surface area contributed by atoms with Gasteiger partial charge in [0.15, 0.2) is 17.0 Å². The number of nitrogens with one attached hydrogen (secondary N) is 1. The number of halogens is 1. The Labute approximate surface area is 275 Å². The van der Waals surface area contributed by atoms with Crippen LogP contribution in [0.4, 0.5) is 23.0 Å². The number of aromatic nitrogens is 3. The number of anilines is 2. The molecule has 46 heavy (non-hydrogen) atoms. The summed E-state index contributed by atoms with van der Waals surface area (Å²) in [5.74, 6) is -1.54. The predicted octanol–water partition coefficient (Wildman–Crippen LogP) is 5.08. The largest absolute Gasteiger partial charge is 0.505 e. The van der Waals surface area contributed by atoms with Crippen LogP contribution in [0.1, 0.15) is 0 Å². The maximum atomic E-state index is 11.1. The fraction of sp³-hybridized carbons (Fsp3) is 0.0435. The Balaban J connectivity index is 0.00000576. The van der Waals surface area contributed by atoms with Gasteiger partial charge in [0.25, 0.3) is 0 Å². The molecule has 0 saturated carbocycles. The van der Waals surface area contributed by atoms with Gasteiger partial charge in [-0.2, -0.15) is 28.5 Å². The lowest BCUT2D eigenvalue weighted by molar-refractivity contribution is -0.432. The monoisotopic (exact) mass is 732 g/mol. The number of azo groups is 1. The number of rotatable bonds is 13. The van der Waals surface area contributed by atoms with Crippen LogP contribution >= 0.6 is 47.2 Å². The Bertz CT molecular complexity index is 1910. The minimum Gasteiger partial charge on any atom is -0.505 e. The summed E-state index contributed by atoms with van der Waals surface area (Å²) >= 11 is 8.33. The van der Waals surface area contributed by atoms with Crippen LogP contribution in [0.2, 0.25) is 5.28 Å². The molecule has 0 atom stereocenters. The number of nitrogens with zero attached hydrogens (tertiary/aromatic N) is 5. The van der Waals surface area contributed by atoms with Gasteiger partial charge in [-0.05, 0) is 81.6 Å². The molecule has 23 heteroatoms. The summed E-state index contributed by atoms with van der Waals surface area (Å²) in [4.78, 5) is 27.7. The molecule has 0 saturated heterocycles. The van der Waals surface area contributed by atoms with Gasteiger partial charge in [0, 0.05) is 21.2 Å². The van der Waals surface area contributed by atoms with E-state index in [1.165, 1.54) is 0 Å². The molecular formula is C23H17ClN6O12S4. The summed E-state index contributed by atoms with van der Waals surface area (Å²) in [6.45, 7) is 0. The number of fused-ring (bicyclic) bond motifs is 1. The van der Waals surface area contributed by atoms with Crippen molar-refractivity contribution in [3.8, 4) is 17.1 Å². The van der Waals surface area contributed by atoms with E-state index in [-0.39, 0.29) is 43.9 Å². The molecule has 4 aromatic rings. The van der Waals surface area contributed by atoms with E-state index in [1.807, 2.05) is 6.11 Å². The summed E-state index contributed by atoms with van der Waals surface area (Å²) in [6, 6.07) is 12.8. The number of phenols is 1. The Kier molecular flexibility index (Phi) is 13.5. The third-order valence-corrected chi connectivity index (χ3v) is 7.40. The van der Waals surface area contributed by atoms with Crippen LogP contribution < -0.4 is 5.32 Å². The maximum absolute atomic E-state index is 11.1. The summed E-state index contributed by atoms with van der Waals surface area (Å²) in [6.07, 6.45) is 1.93. The first kappa shape index (κ1) is 36.5. The number of hydrogen-bond donors (Lipinski definition) is 5. The zero-order chi connectivity index (χ0) is 32.4. The molecule has 4 rings (SSSR count). The highest BCUT2D eigenvalue weighted by atomic mass is 35.5. The van der Waals surface area contributed by atoms with Crippen LogP contribution in [-0.2, 0) is 33.8 Å². The van der Waals surface area contributed by atoms with E-state index in [2.05, 4.69) is 54.3 Å². The number of phenolic OH excluding ortho intramolecular Hbond substituents is 1. The van der Waals surface area contributed by atoms with Crippen molar-refractivity contribution in [2.45, 2.75) is 14.9 Å². The number of carboxylic acid groups (broad SMARTS) is 1. The number of carboxylic acids is 1. The summed E-state index contributed by atoms with van der Waals surface area (Å²) in [5, 5.41) is 46.8. The molecule has 1 heterocycles. The van der Waals surface area contributed by atoms with Gasteiger partial charge in [0.1, 0.15) is 5.69 Å². The van der Waals surface area contributed by atoms with Crippen molar-refractivity contribution in [3.63, 3.8) is 0 Å². The van der Waals surface area contributed by atoms with Crippen molar-refractivity contribution in [3.05, 3.63) is 53.8 Å². The lowest BCUT2D eigenvalue weighted by Gasteiger charge is -2.11. The first-order chi connectivity index (χ1) is 21.5. The number of thioether (sulfide) groups is 2. The van der Waals surface area contributed by atoms with E-state index in [1.54, 1.807) is 48.5 Å². The minimum atomic E-state index is -4.78. The van der Waals surface area contributed by atoms with Gasteiger partial charge in [-0.1, -0.05) is 16.8 Å². The van der Waals surface area contributed by atoms with E-state index in [0.717, 1.165) is 23.5 Å². The van der Waals surface area contributed by atoms with Gasteiger partial charge < -0.3 is 21.0 Å². The first-order valence-electron chi connectivity index (χ1n) is 11.5. The fourth-order valence-corrected chi connectivity index (χ4v) is 5.04. The SMILES string of the molecule is O.O=C(O)CSc1nc(Cl)nc(Nc2ccc3c(O)c(N=Nc4ccc(SC#COOS(=O)(=O)O)cc4)c(SOOO)cc3c2)n1. The van der Waals surface area contributed by atoms with E-state index in [9.17, 15) is 18.3 Å². The number of benzene rings is 3. The fourth-order valence-electron chi connectivity index (χ4n) is 3.19. The molecule has 7 N–H and O–H groups in total. The Morgan fingerprint density at radius 3 is 2.54 bits per heavy atom. The second kappa shape index (κ2) is 17.1. The van der Waals surface area contributed by atoms with Gasteiger partial charge in [0.05, 0.1) is 28.4 Å². The molecule has 0 aliphatic heterocycles. The summed E-state index contributed by atoms with van der Waals surface area (Å²) < 4.78 is 37.4. The second-order valence-electron chi connectivity index (χ2n) is 7.83. The Morgan fingerprint density at radius 1 is 1.09 bits per heavy atom. The van der Waals surface area contributed by atoms with Gasteiger partial charge in [-0.25, -0.2) is 5.26 Å². The summed E-state index contributed by atoms with van der Waals surface area (Å²) in [5.41, 5.74) is 0.850. The molecule has 0 aliphatic rings. The predicted molar refractivity (Wildman–Crippen MR) is 164 cm³/mol. The van der Waals surface area contributed by atoms with Crippen molar-refractivity contribution in [2.24, 2.45) is 10.2 Å². The molecule has 0 unspecified atom stereocenters. The molecule has 3 aromatic carbocycles. The van der Waals surface area contributed by atoms with Gasteiger partial charge >= 0.3 is 16.4 Å². The van der Waals surface area contributed by atoms with Crippen molar-refractivity contribution < 1.29 is 57.3 Å². The molecule has 0 spiro atoms. The number of carbonyl (C=O) groups is 1. The van der Waals surface area contributed by atoms with Crippen LogP contribution in [0, 0.1) is 11.4 Å². The third kappa shape index (κ3) is 11.1. The van der Waals surface area contributed by atoms with E-state index >= 15 is 0 Å². The normalized spacial score (nSPS) is 11.1. The Hall–Kier alpha value is -3.99. The quantitative estimate of drug-likeness (QED) is 0.0228. The zero-order valence-corrected chi connectivity index (χ0v) is 26.2. The van der Waals surface area contributed by atoms with E-state index < -0.39 is 16.4 Å². The second-order valence-corrected chi connectivity index (χ2v) is 11.7. The highest BCUT2D eigenvalue weighted by Gasteiger charge is 2.16. The van der Waals surface area contributed by atoms with Crippen LogP contribution in [0.5, 0.6) is 5.75 Å². The van der Waals surface area contributed by atoms with Crippen molar-refractivity contribution in [1.82, 2.24) is 15.0 Å². The molecule has 0 radical (unpaired) electrons. The topological polar surface area (TPSA) is 276 Å². The van der Waals surface area contributed by atoms with Gasteiger partial charge in [-0.15, -0.1) is 9.45 Å². The van der Waals surface area contributed by atoms with Crippen LogP contribution in [-0.4, -0.2) is 60.6 Å². The summed E-state index contributed by atoms with van der Waals surface area (Å²) in [7, 11) is -4.78. The average molecular weight is 733 g/mol. The minimum absolute atomic E-state index is 0. The highest BCUT2D eigenvalue weighted by molar-refractivity contribution is 8.04. The third-order valence-electron chi connectivity index (χ3n) is 4.85. The Morgan fingerprint density at radius 2 is 1.85 bits per heavy atom. The number of aromatic hydroxyl groups is 1. The average Bonchev–Trinajstić information content (AvgIpc) is 2.98. The molecule has 0 bridgehead atoms. The van der Waals surface area contributed by atoms with Crippen LogP contribution in [0.3, 0.4) is 0 Å². The molecule has 1 aromatic heterocycles. The van der Waals surface area contributed by atoms with Crippen LogP contribution in [0.15, 0.2) is 73.7 Å². The number of aliphatic carboxylic acids is 1. The van der Waals surface area contributed by atoms with Crippen molar-refractivity contribution >= 4 is 97.3 Å². The maximum Gasteiger partial charge on any atom is 0.433 e. The molecule has 0 aliphatic carbocycles. The van der Waals surface area contributed by atoms with E-state index in [0.29, 0.717) is 39.1 Å². The van der Waals surface area contributed by atoms with Gasteiger partial charge in [0.2, 0.25) is 11.2 Å². The molecule has 0 amide bonds. The lowest BCUT2D eigenvalue weighted by Crippen LogP contribution is -2.03. The van der Waals surface area contributed by atoms with Gasteiger partial charge in [-0.3, -0.25) is 14.2 Å². The number of hydrogen-bond acceptors (Lipinski definition) is 18.